The topological polar surface area (TPSA) is 52.8 Å². The van der Waals surface area contributed by atoms with Crippen molar-refractivity contribution in [3.8, 4) is 5.88 Å². The average Bonchev–Trinajstić information content (AvgIpc) is 2.80. The highest BCUT2D eigenvalue weighted by molar-refractivity contribution is 8.00. The Morgan fingerprint density at radius 3 is 2.80 bits per heavy atom. The van der Waals surface area contributed by atoms with Crippen molar-refractivity contribution in [2.24, 2.45) is 0 Å². The standard InChI is InChI=1S/C13H17ClN4OS/c1-19-12-10-11(15-8-16-12)18(9(6-14)17-10)7-13(20-2)4-3-5-13/h8H,3-7H2,1-2H3. The van der Waals surface area contributed by atoms with Gasteiger partial charge in [-0.25, -0.2) is 9.97 Å². The van der Waals surface area contributed by atoms with E-state index in [1.807, 2.05) is 11.8 Å². The van der Waals surface area contributed by atoms with Gasteiger partial charge in [-0.2, -0.15) is 16.7 Å². The number of aromatic nitrogens is 4. The van der Waals surface area contributed by atoms with E-state index in [4.69, 9.17) is 16.3 Å². The highest BCUT2D eigenvalue weighted by Gasteiger charge is 2.37. The van der Waals surface area contributed by atoms with Crippen molar-refractivity contribution < 1.29 is 4.74 Å². The number of rotatable bonds is 5. The molecule has 0 amide bonds. The Labute approximate surface area is 127 Å². The molecule has 5 nitrogen and oxygen atoms in total. The van der Waals surface area contributed by atoms with Gasteiger partial charge in [0.05, 0.1) is 13.0 Å². The van der Waals surface area contributed by atoms with Crippen molar-refractivity contribution in [3.63, 3.8) is 0 Å². The average molecular weight is 313 g/mol. The summed E-state index contributed by atoms with van der Waals surface area (Å²) in [6.07, 6.45) is 7.45. The van der Waals surface area contributed by atoms with Crippen molar-refractivity contribution >= 4 is 34.5 Å². The maximum Gasteiger partial charge on any atom is 0.245 e. The Kier molecular flexibility index (Phi) is 3.77. The van der Waals surface area contributed by atoms with Gasteiger partial charge in [-0.15, -0.1) is 11.6 Å². The van der Waals surface area contributed by atoms with E-state index >= 15 is 0 Å². The monoisotopic (exact) mass is 312 g/mol. The number of thioether (sulfide) groups is 1. The highest BCUT2D eigenvalue weighted by Crippen LogP contribution is 2.44. The number of methoxy groups -OCH3 is 1. The first-order valence-electron chi connectivity index (χ1n) is 6.58. The van der Waals surface area contributed by atoms with Crippen LogP contribution in [0.5, 0.6) is 5.88 Å². The van der Waals surface area contributed by atoms with E-state index in [0.29, 0.717) is 22.0 Å². The van der Waals surface area contributed by atoms with Gasteiger partial charge in [0.15, 0.2) is 11.2 Å². The van der Waals surface area contributed by atoms with E-state index in [2.05, 4.69) is 25.8 Å². The van der Waals surface area contributed by atoms with Crippen molar-refractivity contribution in [1.29, 1.82) is 0 Å². The Bertz CT molecular complexity index is 621. The second-order valence-corrected chi connectivity index (χ2v) is 6.59. The zero-order valence-electron chi connectivity index (χ0n) is 11.6. The zero-order chi connectivity index (χ0) is 14.2. The molecule has 7 heteroatoms. The molecule has 0 aromatic carbocycles. The van der Waals surface area contributed by atoms with Gasteiger partial charge in [0.2, 0.25) is 5.88 Å². The highest BCUT2D eigenvalue weighted by atomic mass is 35.5. The van der Waals surface area contributed by atoms with Crippen LogP contribution in [0.3, 0.4) is 0 Å². The molecule has 1 aliphatic carbocycles. The minimum absolute atomic E-state index is 0.298. The SMILES string of the molecule is COc1ncnc2c1nc(CCl)n2CC1(SC)CCC1. The minimum atomic E-state index is 0.298. The number of nitrogens with zero attached hydrogens (tertiary/aromatic N) is 4. The lowest BCUT2D eigenvalue weighted by molar-refractivity contribution is 0.322. The van der Waals surface area contributed by atoms with Crippen LogP contribution >= 0.6 is 23.4 Å². The molecule has 1 fully saturated rings. The summed E-state index contributed by atoms with van der Waals surface area (Å²) in [6, 6.07) is 0. The molecule has 20 heavy (non-hydrogen) atoms. The molecule has 0 saturated heterocycles. The van der Waals surface area contributed by atoms with E-state index in [1.54, 1.807) is 7.11 Å². The number of hydrogen-bond donors (Lipinski definition) is 0. The summed E-state index contributed by atoms with van der Waals surface area (Å²) < 4.78 is 7.69. The van der Waals surface area contributed by atoms with Crippen LogP contribution in [0, 0.1) is 0 Å². The molecule has 0 aliphatic heterocycles. The molecule has 0 unspecified atom stereocenters. The molecule has 0 N–H and O–H groups in total. The summed E-state index contributed by atoms with van der Waals surface area (Å²) in [5.41, 5.74) is 1.51. The lowest BCUT2D eigenvalue weighted by Crippen LogP contribution is -2.38. The molecule has 108 valence electrons. The molecular formula is C13H17ClN4OS. The molecule has 0 spiro atoms. The van der Waals surface area contributed by atoms with Gasteiger partial charge in [-0.1, -0.05) is 6.42 Å². The zero-order valence-corrected chi connectivity index (χ0v) is 13.2. The third kappa shape index (κ3) is 2.15. The Hall–Kier alpha value is -1.01. The molecule has 1 aliphatic rings. The fraction of sp³-hybridized carbons (Fsp3) is 0.615. The normalized spacial score (nSPS) is 17.1. The maximum absolute atomic E-state index is 6.05. The van der Waals surface area contributed by atoms with Crippen LogP contribution in [-0.4, -0.2) is 37.6 Å². The summed E-state index contributed by atoms with van der Waals surface area (Å²) >= 11 is 7.98. The second kappa shape index (κ2) is 5.41. The van der Waals surface area contributed by atoms with Gasteiger partial charge in [0.25, 0.3) is 0 Å². The van der Waals surface area contributed by atoms with Gasteiger partial charge in [0.1, 0.15) is 12.2 Å². The van der Waals surface area contributed by atoms with Crippen LogP contribution in [0.4, 0.5) is 0 Å². The van der Waals surface area contributed by atoms with E-state index in [1.165, 1.54) is 25.6 Å². The van der Waals surface area contributed by atoms with Crippen molar-refractivity contribution in [1.82, 2.24) is 19.5 Å². The molecule has 0 atom stereocenters. The molecule has 2 heterocycles. The minimum Gasteiger partial charge on any atom is -0.479 e. The van der Waals surface area contributed by atoms with E-state index in [0.717, 1.165) is 18.0 Å². The summed E-state index contributed by atoms with van der Waals surface area (Å²) in [4.78, 5) is 13.0. The van der Waals surface area contributed by atoms with Gasteiger partial charge in [-0.05, 0) is 19.1 Å². The van der Waals surface area contributed by atoms with Crippen LogP contribution in [0.1, 0.15) is 25.1 Å². The molecule has 0 bridgehead atoms. The lowest BCUT2D eigenvalue weighted by atomic mass is 9.84. The fourth-order valence-electron chi connectivity index (χ4n) is 2.66. The molecule has 1 saturated carbocycles. The van der Waals surface area contributed by atoms with Crippen LogP contribution in [0.2, 0.25) is 0 Å². The second-order valence-electron chi connectivity index (χ2n) is 5.04. The Morgan fingerprint density at radius 2 is 2.25 bits per heavy atom. The van der Waals surface area contributed by atoms with E-state index < -0.39 is 0 Å². The van der Waals surface area contributed by atoms with Gasteiger partial charge in [0, 0.05) is 11.3 Å². The predicted molar refractivity (Wildman–Crippen MR) is 81.5 cm³/mol. The number of ether oxygens (including phenoxy) is 1. The Balaban J connectivity index is 2.08. The van der Waals surface area contributed by atoms with Gasteiger partial charge < -0.3 is 9.30 Å². The number of imidazole rings is 1. The van der Waals surface area contributed by atoms with E-state index in [-0.39, 0.29) is 0 Å². The third-order valence-corrected chi connectivity index (χ3v) is 5.68. The van der Waals surface area contributed by atoms with Crippen molar-refractivity contribution in [3.05, 3.63) is 12.2 Å². The maximum atomic E-state index is 6.05. The first-order valence-corrected chi connectivity index (χ1v) is 8.34. The summed E-state index contributed by atoms with van der Waals surface area (Å²) in [5, 5.41) is 0. The summed E-state index contributed by atoms with van der Waals surface area (Å²) in [5.74, 6) is 1.71. The molecule has 2 aromatic rings. The predicted octanol–water partition coefficient (Wildman–Crippen LogP) is 2.86. The van der Waals surface area contributed by atoms with Crippen LogP contribution in [-0.2, 0) is 12.4 Å². The van der Waals surface area contributed by atoms with Crippen LogP contribution in [0.25, 0.3) is 11.2 Å². The molecule has 2 aromatic heterocycles. The van der Waals surface area contributed by atoms with Gasteiger partial charge in [-0.3, -0.25) is 0 Å². The molecule has 3 rings (SSSR count). The van der Waals surface area contributed by atoms with Gasteiger partial charge >= 0.3 is 0 Å². The van der Waals surface area contributed by atoms with Crippen LogP contribution in [0.15, 0.2) is 6.33 Å². The quantitative estimate of drug-likeness (QED) is 0.795. The fourth-order valence-corrected chi connectivity index (χ4v) is 3.82. The number of hydrogen-bond acceptors (Lipinski definition) is 5. The largest absolute Gasteiger partial charge is 0.479 e. The first-order chi connectivity index (χ1) is 9.73. The molecule has 0 radical (unpaired) electrons. The third-order valence-electron chi connectivity index (χ3n) is 4.03. The summed E-state index contributed by atoms with van der Waals surface area (Å²) in [7, 11) is 1.59. The molecular weight excluding hydrogens is 296 g/mol. The van der Waals surface area contributed by atoms with Crippen molar-refractivity contribution in [2.45, 2.75) is 36.4 Å². The number of halogens is 1. The van der Waals surface area contributed by atoms with Crippen molar-refractivity contribution in [2.75, 3.05) is 13.4 Å². The van der Waals surface area contributed by atoms with E-state index in [9.17, 15) is 0 Å². The lowest BCUT2D eigenvalue weighted by Gasteiger charge is -2.40. The summed E-state index contributed by atoms with van der Waals surface area (Å²) in [6.45, 7) is 0.896. The number of fused-ring (bicyclic) bond motifs is 1. The smallest absolute Gasteiger partial charge is 0.245 e. The Morgan fingerprint density at radius 1 is 1.45 bits per heavy atom. The number of alkyl halides is 1. The first kappa shape index (κ1) is 13.9. The van der Waals surface area contributed by atoms with Crippen LogP contribution < -0.4 is 4.74 Å².